The Bertz CT molecular complexity index is 274. The fourth-order valence-corrected chi connectivity index (χ4v) is 2.68. The molecule has 1 aliphatic carbocycles. The maximum Gasteiger partial charge on any atom is 0.194 e. The van der Waals surface area contributed by atoms with Crippen molar-refractivity contribution in [3.05, 3.63) is 0 Å². The van der Waals surface area contributed by atoms with Crippen LogP contribution in [0.15, 0.2) is 4.99 Å². The van der Waals surface area contributed by atoms with E-state index in [1.807, 2.05) is 0 Å². The molecule has 3 nitrogen and oxygen atoms in total. The molecule has 1 atom stereocenters. The van der Waals surface area contributed by atoms with E-state index in [1.165, 1.54) is 44.7 Å². The molecular formula is C14H28IN3. The molecular weight excluding hydrogens is 337 g/mol. The van der Waals surface area contributed by atoms with Crippen molar-refractivity contribution < 1.29 is 0 Å². The highest BCUT2D eigenvalue weighted by atomic mass is 127. The van der Waals surface area contributed by atoms with E-state index in [9.17, 15) is 0 Å². The van der Waals surface area contributed by atoms with Crippen LogP contribution in [-0.4, -0.2) is 36.5 Å². The van der Waals surface area contributed by atoms with Crippen molar-refractivity contribution in [2.45, 2.75) is 52.5 Å². The molecule has 1 saturated heterocycles. The van der Waals surface area contributed by atoms with Gasteiger partial charge in [0, 0.05) is 25.7 Å². The van der Waals surface area contributed by atoms with Crippen molar-refractivity contribution in [3.8, 4) is 0 Å². The quantitative estimate of drug-likeness (QED) is 0.471. The summed E-state index contributed by atoms with van der Waals surface area (Å²) in [5.74, 6) is 2.86. The first-order chi connectivity index (χ1) is 8.19. The second-order valence-electron chi connectivity index (χ2n) is 5.95. The van der Waals surface area contributed by atoms with Gasteiger partial charge in [-0.1, -0.05) is 13.8 Å². The Morgan fingerprint density at radius 2 is 2.06 bits per heavy atom. The monoisotopic (exact) mass is 365 g/mol. The predicted octanol–water partition coefficient (Wildman–Crippen LogP) is 3.10. The molecule has 106 valence electrons. The van der Waals surface area contributed by atoms with Crippen LogP contribution in [0.25, 0.3) is 0 Å². The van der Waals surface area contributed by atoms with Gasteiger partial charge in [-0.25, -0.2) is 0 Å². The lowest BCUT2D eigenvalue weighted by Crippen LogP contribution is -2.41. The molecule has 0 spiro atoms. The van der Waals surface area contributed by atoms with Crippen LogP contribution in [0.1, 0.15) is 46.5 Å². The fourth-order valence-electron chi connectivity index (χ4n) is 2.68. The molecule has 2 rings (SSSR count). The van der Waals surface area contributed by atoms with Crippen molar-refractivity contribution >= 4 is 29.9 Å². The Hall–Kier alpha value is 0. The predicted molar refractivity (Wildman–Crippen MR) is 88.7 cm³/mol. The average Bonchev–Trinajstić information content (AvgIpc) is 2.96. The zero-order chi connectivity index (χ0) is 12.3. The van der Waals surface area contributed by atoms with Crippen molar-refractivity contribution in [2.75, 3.05) is 19.6 Å². The molecule has 18 heavy (non-hydrogen) atoms. The molecule has 1 aliphatic heterocycles. The number of rotatable bonds is 4. The summed E-state index contributed by atoms with van der Waals surface area (Å²) < 4.78 is 0. The molecule has 0 aromatic heterocycles. The van der Waals surface area contributed by atoms with Crippen LogP contribution in [0.4, 0.5) is 0 Å². The number of halogens is 1. The average molecular weight is 365 g/mol. The van der Waals surface area contributed by atoms with Crippen LogP contribution in [0.3, 0.4) is 0 Å². The molecule has 1 N–H and O–H groups in total. The summed E-state index contributed by atoms with van der Waals surface area (Å²) in [5.41, 5.74) is 0. The standard InChI is InChI=1S/C14H27N3.HI/c1-4-15-14(16-13-5-6-13)17-8-7-12(10-17)9-11(2)3;/h11-13H,4-10H2,1-3H3,(H,15,16);1H. The van der Waals surface area contributed by atoms with E-state index in [-0.39, 0.29) is 24.0 Å². The maximum atomic E-state index is 4.63. The van der Waals surface area contributed by atoms with Crippen molar-refractivity contribution in [1.29, 1.82) is 0 Å². The molecule has 1 saturated carbocycles. The molecule has 0 bridgehead atoms. The summed E-state index contributed by atoms with van der Waals surface area (Å²) in [5, 5.41) is 3.58. The Balaban J connectivity index is 0.00000162. The summed E-state index contributed by atoms with van der Waals surface area (Å²) in [6.45, 7) is 10.1. The van der Waals surface area contributed by atoms with Crippen LogP contribution >= 0.6 is 24.0 Å². The van der Waals surface area contributed by atoms with Crippen molar-refractivity contribution in [1.82, 2.24) is 10.2 Å². The third kappa shape index (κ3) is 4.94. The smallest absolute Gasteiger partial charge is 0.194 e. The minimum Gasteiger partial charge on any atom is -0.354 e. The second-order valence-corrected chi connectivity index (χ2v) is 5.95. The highest BCUT2D eigenvalue weighted by molar-refractivity contribution is 14.0. The Labute approximate surface area is 129 Å². The van der Waals surface area contributed by atoms with Crippen LogP contribution in [0.2, 0.25) is 0 Å². The molecule has 1 unspecified atom stereocenters. The van der Waals surface area contributed by atoms with E-state index in [0.29, 0.717) is 6.04 Å². The van der Waals surface area contributed by atoms with Crippen LogP contribution in [-0.2, 0) is 0 Å². The van der Waals surface area contributed by atoms with E-state index in [4.69, 9.17) is 0 Å². The molecule has 2 aliphatic rings. The van der Waals surface area contributed by atoms with Crippen LogP contribution < -0.4 is 5.32 Å². The fraction of sp³-hybridized carbons (Fsp3) is 0.929. The van der Waals surface area contributed by atoms with Crippen LogP contribution in [0, 0.1) is 11.8 Å². The first-order valence-electron chi connectivity index (χ1n) is 7.25. The molecule has 0 radical (unpaired) electrons. The zero-order valence-electron chi connectivity index (χ0n) is 12.0. The van der Waals surface area contributed by atoms with E-state index in [2.05, 4.69) is 36.0 Å². The molecule has 4 heteroatoms. The van der Waals surface area contributed by atoms with Gasteiger partial charge in [-0.15, -0.1) is 24.0 Å². The Kier molecular flexibility index (Phi) is 6.74. The summed E-state index contributed by atoms with van der Waals surface area (Å²) in [4.78, 5) is 7.10. The topological polar surface area (TPSA) is 27.6 Å². The number of hydrogen-bond acceptors (Lipinski definition) is 1. The van der Waals surface area contributed by atoms with E-state index in [0.717, 1.165) is 18.4 Å². The van der Waals surface area contributed by atoms with Gasteiger partial charge in [0.2, 0.25) is 0 Å². The van der Waals surface area contributed by atoms with E-state index >= 15 is 0 Å². The number of hydrogen-bond donors (Lipinski definition) is 1. The van der Waals surface area contributed by atoms with Gasteiger partial charge in [-0.05, 0) is 44.4 Å². The minimum absolute atomic E-state index is 0. The number of nitrogens with zero attached hydrogens (tertiary/aromatic N) is 2. The lowest BCUT2D eigenvalue weighted by atomic mass is 9.97. The number of aliphatic imine (C=N–C) groups is 1. The summed E-state index contributed by atoms with van der Waals surface area (Å²) in [7, 11) is 0. The number of nitrogens with one attached hydrogen (secondary N) is 1. The minimum atomic E-state index is 0. The largest absolute Gasteiger partial charge is 0.354 e. The normalized spacial score (nSPS) is 24.3. The Morgan fingerprint density at radius 1 is 1.33 bits per heavy atom. The Morgan fingerprint density at radius 3 is 2.61 bits per heavy atom. The molecule has 0 aromatic carbocycles. The maximum absolute atomic E-state index is 4.63. The van der Waals surface area contributed by atoms with Gasteiger partial charge in [0.25, 0.3) is 0 Å². The highest BCUT2D eigenvalue weighted by Crippen LogP contribution is 2.24. The van der Waals surface area contributed by atoms with Gasteiger partial charge in [-0.3, -0.25) is 4.99 Å². The van der Waals surface area contributed by atoms with Crippen LogP contribution in [0.5, 0.6) is 0 Å². The first kappa shape index (κ1) is 16.1. The number of guanidine groups is 1. The highest BCUT2D eigenvalue weighted by Gasteiger charge is 2.29. The van der Waals surface area contributed by atoms with Gasteiger partial charge < -0.3 is 10.2 Å². The first-order valence-corrected chi connectivity index (χ1v) is 7.25. The van der Waals surface area contributed by atoms with Gasteiger partial charge in [0.1, 0.15) is 0 Å². The summed E-state index contributed by atoms with van der Waals surface area (Å²) in [6, 6.07) is 0.712. The van der Waals surface area contributed by atoms with Crippen molar-refractivity contribution in [3.63, 3.8) is 0 Å². The van der Waals surface area contributed by atoms with Gasteiger partial charge in [0.15, 0.2) is 5.96 Å². The molecule has 2 fully saturated rings. The molecule has 1 heterocycles. The van der Waals surface area contributed by atoms with Gasteiger partial charge >= 0.3 is 0 Å². The lowest BCUT2D eigenvalue weighted by molar-refractivity contribution is 0.403. The molecule has 0 aromatic rings. The number of likely N-dealkylation sites (tertiary alicyclic amines) is 1. The van der Waals surface area contributed by atoms with Crippen molar-refractivity contribution in [2.24, 2.45) is 16.8 Å². The van der Waals surface area contributed by atoms with Gasteiger partial charge in [-0.2, -0.15) is 0 Å². The zero-order valence-corrected chi connectivity index (χ0v) is 14.3. The second kappa shape index (κ2) is 7.56. The SMILES string of the molecule is CCN=C(NC1CC1)N1CCC(CC(C)C)C1.I. The third-order valence-electron chi connectivity index (χ3n) is 3.61. The van der Waals surface area contributed by atoms with Gasteiger partial charge in [0.05, 0.1) is 0 Å². The lowest BCUT2D eigenvalue weighted by Gasteiger charge is -2.22. The third-order valence-corrected chi connectivity index (χ3v) is 3.61. The summed E-state index contributed by atoms with van der Waals surface area (Å²) in [6.07, 6.45) is 5.35. The van der Waals surface area contributed by atoms with E-state index < -0.39 is 0 Å². The van der Waals surface area contributed by atoms with E-state index in [1.54, 1.807) is 0 Å². The molecule has 0 amide bonds. The summed E-state index contributed by atoms with van der Waals surface area (Å²) >= 11 is 0.